The molecule has 0 saturated carbocycles. The van der Waals surface area contributed by atoms with E-state index in [2.05, 4.69) is 29.7 Å². The minimum atomic E-state index is -3.08. The first kappa shape index (κ1) is 15.8. The number of rotatable bonds is 6. The summed E-state index contributed by atoms with van der Waals surface area (Å²) in [5.74, 6) is 0.836. The Morgan fingerprint density at radius 3 is 2.30 bits per heavy atom. The molecule has 0 amide bonds. The maximum Gasteiger partial charge on any atom is 0.214 e. The van der Waals surface area contributed by atoms with E-state index in [1.54, 1.807) is 4.31 Å². The topological polar surface area (TPSA) is 40.6 Å². The predicted molar refractivity (Wildman–Crippen MR) is 85.5 cm³/mol. The van der Waals surface area contributed by atoms with E-state index in [-0.39, 0.29) is 5.75 Å². The highest BCUT2D eigenvalue weighted by atomic mass is 32.2. The van der Waals surface area contributed by atoms with Crippen molar-refractivity contribution in [1.29, 1.82) is 0 Å². The summed E-state index contributed by atoms with van der Waals surface area (Å²) in [6, 6.07) is 10.3. The largest absolute Gasteiger partial charge is 0.296 e. The zero-order valence-corrected chi connectivity index (χ0v) is 13.3. The van der Waals surface area contributed by atoms with Crippen molar-refractivity contribution in [1.82, 2.24) is 9.21 Å². The molecule has 1 aromatic rings. The Labute approximate surface area is 127 Å². The van der Waals surface area contributed by atoms with Crippen LogP contribution in [-0.2, 0) is 16.6 Å². The van der Waals surface area contributed by atoms with Gasteiger partial charge in [-0.05, 0) is 17.7 Å². The SMILES string of the molecule is O=S(=O)(CCCS)N1CCN(Cc2ccccc2)CC1. The van der Waals surface area contributed by atoms with Crippen molar-refractivity contribution < 1.29 is 8.42 Å². The van der Waals surface area contributed by atoms with E-state index in [1.165, 1.54) is 5.56 Å². The molecule has 1 saturated heterocycles. The molecule has 0 bridgehead atoms. The highest BCUT2D eigenvalue weighted by Gasteiger charge is 2.26. The Kier molecular flexibility index (Phi) is 5.89. The van der Waals surface area contributed by atoms with Crippen LogP contribution in [0.2, 0.25) is 0 Å². The van der Waals surface area contributed by atoms with Gasteiger partial charge in [-0.15, -0.1) is 0 Å². The zero-order chi connectivity index (χ0) is 14.4. The van der Waals surface area contributed by atoms with Gasteiger partial charge in [0.15, 0.2) is 0 Å². The molecule has 0 radical (unpaired) electrons. The van der Waals surface area contributed by atoms with Gasteiger partial charge >= 0.3 is 0 Å². The summed E-state index contributed by atoms with van der Waals surface area (Å²) in [7, 11) is -3.08. The van der Waals surface area contributed by atoms with Crippen LogP contribution in [0, 0.1) is 0 Å². The number of sulfonamides is 1. The van der Waals surface area contributed by atoms with E-state index in [0.29, 0.717) is 25.3 Å². The third kappa shape index (κ3) is 4.48. The molecule has 2 rings (SSSR count). The number of nitrogens with zero attached hydrogens (tertiary/aromatic N) is 2. The second-order valence-corrected chi connectivity index (χ2v) is 7.59. The van der Waals surface area contributed by atoms with Crippen molar-refractivity contribution in [3.05, 3.63) is 35.9 Å². The van der Waals surface area contributed by atoms with Gasteiger partial charge in [0.1, 0.15) is 0 Å². The fourth-order valence-corrected chi connectivity index (χ4v) is 4.24. The number of hydrogen-bond acceptors (Lipinski definition) is 4. The Bertz CT molecular complexity index is 497. The first-order valence-electron chi connectivity index (χ1n) is 6.97. The molecule has 0 spiro atoms. The lowest BCUT2D eigenvalue weighted by Crippen LogP contribution is -2.48. The molecule has 1 heterocycles. The minimum Gasteiger partial charge on any atom is -0.296 e. The van der Waals surface area contributed by atoms with Crippen LogP contribution in [0.3, 0.4) is 0 Å². The minimum absolute atomic E-state index is 0.217. The number of thiol groups is 1. The molecule has 1 aromatic carbocycles. The molecule has 1 aliphatic heterocycles. The Morgan fingerprint density at radius 2 is 1.70 bits per heavy atom. The maximum absolute atomic E-state index is 12.1. The summed E-state index contributed by atoms with van der Waals surface area (Å²) in [4.78, 5) is 2.31. The molecule has 1 aliphatic rings. The van der Waals surface area contributed by atoms with Gasteiger partial charge in [0.05, 0.1) is 5.75 Å². The van der Waals surface area contributed by atoms with Gasteiger partial charge in [-0.3, -0.25) is 4.90 Å². The van der Waals surface area contributed by atoms with Crippen LogP contribution in [0.1, 0.15) is 12.0 Å². The molecular weight excluding hydrogens is 292 g/mol. The number of benzene rings is 1. The van der Waals surface area contributed by atoms with Crippen molar-refractivity contribution in [2.24, 2.45) is 0 Å². The van der Waals surface area contributed by atoms with Crippen molar-refractivity contribution >= 4 is 22.7 Å². The summed E-state index contributed by atoms with van der Waals surface area (Å²) in [5.41, 5.74) is 1.28. The van der Waals surface area contributed by atoms with Gasteiger partial charge in [-0.25, -0.2) is 8.42 Å². The van der Waals surface area contributed by atoms with Crippen LogP contribution in [0.25, 0.3) is 0 Å². The van der Waals surface area contributed by atoms with Crippen LogP contribution in [0.5, 0.6) is 0 Å². The normalized spacial score (nSPS) is 18.2. The van der Waals surface area contributed by atoms with E-state index < -0.39 is 10.0 Å². The molecule has 6 heteroatoms. The highest BCUT2D eigenvalue weighted by molar-refractivity contribution is 7.89. The molecule has 0 aromatic heterocycles. The lowest BCUT2D eigenvalue weighted by molar-refractivity contribution is 0.181. The second kappa shape index (κ2) is 7.45. The Balaban J connectivity index is 1.83. The average Bonchev–Trinajstić information content (AvgIpc) is 2.47. The Hall–Kier alpha value is -0.560. The fraction of sp³-hybridized carbons (Fsp3) is 0.571. The summed E-state index contributed by atoms with van der Waals surface area (Å²) in [5, 5.41) is 0. The molecule has 4 nitrogen and oxygen atoms in total. The van der Waals surface area contributed by atoms with Crippen LogP contribution in [0.15, 0.2) is 30.3 Å². The van der Waals surface area contributed by atoms with Crippen LogP contribution in [-0.4, -0.2) is 55.3 Å². The van der Waals surface area contributed by atoms with Gasteiger partial charge < -0.3 is 0 Å². The summed E-state index contributed by atoms with van der Waals surface area (Å²) in [6.07, 6.45) is 0.621. The molecule has 0 unspecified atom stereocenters. The molecular formula is C14H22N2O2S2. The van der Waals surface area contributed by atoms with Crippen molar-refractivity contribution in [2.75, 3.05) is 37.7 Å². The summed E-state index contributed by atoms with van der Waals surface area (Å²) < 4.78 is 25.8. The standard InChI is InChI=1S/C14H22N2O2S2/c17-20(18,12-4-11-19)16-9-7-15(8-10-16)13-14-5-2-1-3-6-14/h1-3,5-6,19H,4,7-13H2. The van der Waals surface area contributed by atoms with Gasteiger partial charge in [0.25, 0.3) is 0 Å². The predicted octanol–water partition coefficient (Wildman–Crippen LogP) is 1.45. The van der Waals surface area contributed by atoms with E-state index in [9.17, 15) is 8.42 Å². The molecule has 1 fully saturated rings. The number of hydrogen-bond donors (Lipinski definition) is 1. The number of piperazine rings is 1. The van der Waals surface area contributed by atoms with Gasteiger partial charge in [-0.2, -0.15) is 16.9 Å². The first-order chi connectivity index (χ1) is 9.62. The van der Waals surface area contributed by atoms with Crippen LogP contribution >= 0.6 is 12.6 Å². The Morgan fingerprint density at radius 1 is 1.05 bits per heavy atom. The lowest BCUT2D eigenvalue weighted by atomic mass is 10.2. The third-order valence-electron chi connectivity index (χ3n) is 3.53. The van der Waals surface area contributed by atoms with Gasteiger partial charge in [-0.1, -0.05) is 30.3 Å². The third-order valence-corrected chi connectivity index (χ3v) is 5.81. The van der Waals surface area contributed by atoms with Crippen molar-refractivity contribution in [3.8, 4) is 0 Å². The van der Waals surface area contributed by atoms with E-state index in [4.69, 9.17) is 0 Å². The fourth-order valence-electron chi connectivity index (χ4n) is 2.38. The zero-order valence-electron chi connectivity index (χ0n) is 11.6. The first-order valence-corrected chi connectivity index (χ1v) is 9.21. The van der Waals surface area contributed by atoms with Gasteiger partial charge in [0, 0.05) is 32.7 Å². The monoisotopic (exact) mass is 314 g/mol. The second-order valence-electron chi connectivity index (χ2n) is 5.05. The average molecular weight is 314 g/mol. The summed E-state index contributed by atoms with van der Waals surface area (Å²) >= 11 is 4.08. The molecule has 20 heavy (non-hydrogen) atoms. The molecule has 0 atom stereocenters. The molecule has 0 N–H and O–H groups in total. The van der Waals surface area contributed by atoms with Crippen molar-refractivity contribution in [2.45, 2.75) is 13.0 Å². The highest BCUT2D eigenvalue weighted by Crippen LogP contribution is 2.12. The van der Waals surface area contributed by atoms with Crippen LogP contribution < -0.4 is 0 Å². The molecule has 112 valence electrons. The van der Waals surface area contributed by atoms with E-state index in [0.717, 1.165) is 19.6 Å². The smallest absolute Gasteiger partial charge is 0.214 e. The van der Waals surface area contributed by atoms with Crippen LogP contribution in [0.4, 0.5) is 0 Å². The lowest BCUT2D eigenvalue weighted by Gasteiger charge is -2.34. The summed E-state index contributed by atoms with van der Waals surface area (Å²) in [6.45, 7) is 3.69. The molecule has 0 aliphatic carbocycles. The van der Waals surface area contributed by atoms with E-state index in [1.807, 2.05) is 18.2 Å². The maximum atomic E-state index is 12.1. The van der Waals surface area contributed by atoms with Gasteiger partial charge in [0.2, 0.25) is 10.0 Å². The van der Waals surface area contributed by atoms with E-state index >= 15 is 0 Å². The van der Waals surface area contributed by atoms with Crippen molar-refractivity contribution in [3.63, 3.8) is 0 Å². The quantitative estimate of drug-likeness (QED) is 0.808.